The third-order valence-corrected chi connectivity index (χ3v) is 6.50. The maximum atomic E-state index is 13.4. The number of likely N-dealkylation sites (N-methyl/N-ethyl adjacent to an activating group) is 1. The smallest absolute Gasteiger partial charge is 0.243 e. The fourth-order valence-corrected chi connectivity index (χ4v) is 5.19. The van der Waals surface area contributed by atoms with Crippen LogP contribution in [0, 0.1) is 5.82 Å². The van der Waals surface area contributed by atoms with Crippen LogP contribution < -0.4 is 10.2 Å². The molecule has 0 saturated heterocycles. The second-order valence-corrected chi connectivity index (χ2v) is 8.65. The van der Waals surface area contributed by atoms with E-state index < -0.39 is 5.82 Å². The van der Waals surface area contributed by atoms with Crippen molar-refractivity contribution < 1.29 is 9.18 Å². The summed E-state index contributed by atoms with van der Waals surface area (Å²) in [5.74, 6) is 0.693. The molecular formula is C23H20FN5OS. The van der Waals surface area contributed by atoms with E-state index in [1.54, 1.807) is 35.9 Å². The summed E-state index contributed by atoms with van der Waals surface area (Å²) >= 11 is 1.71. The Balaban J connectivity index is 1.50. The number of thiophene rings is 1. The molecule has 1 aliphatic carbocycles. The van der Waals surface area contributed by atoms with Gasteiger partial charge in [0.15, 0.2) is 5.82 Å². The van der Waals surface area contributed by atoms with Crippen molar-refractivity contribution in [2.45, 2.75) is 19.3 Å². The Morgan fingerprint density at radius 2 is 2.13 bits per heavy atom. The first-order valence-electron chi connectivity index (χ1n) is 10.1. The molecule has 0 bridgehead atoms. The molecule has 0 aliphatic heterocycles. The number of fused-ring (bicyclic) bond motifs is 3. The predicted molar refractivity (Wildman–Crippen MR) is 121 cm³/mol. The van der Waals surface area contributed by atoms with Crippen LogP contribution >= 0.6 is 11.3 Å². The lowest BCUT2D eigenvalue weighted by Gasteiger charge is -2.20. The molecule has 3 aromatic heterocycles. The molecule has 31 heavy (non-hydrogen) atoms. The topological polar surface area (TPSA) is 71.0 Å². The molecule has 0 spiro atoms. The zero-order valence-electron chi connectivity index (χ0n) is 16.9. The quantitative estimate of drug-likeness (QED) is 0.503. The summed E-state index contributed by atoms with van der Waals surface area (Å²) in [5.41, 5.74) is 2.56. The number of pyridine rings is 1. The first-order chi connectivity index (χ1) is 15.1. The molecular weight excluding hydrogens is 413 g/mol. The van der Waals surface area contributed by atoms with E-state index in [9.17, 15) is 9.18 Å². The summed E-state index contributed by atoms with van der Waals surface area (Å²) in [6.07, 6.45) is 6.64. The Bertz CT molecular complexity index is 1270. The van der Waals surface area contributed by atoms with E-state index in [1.165, 1.54) is 22.6 Å². The van der Waals surface area contributed by atoms with Crippen LogP contribution in [0.15, 0.2) is 48.8 Å². The Hall–Kier alpha value is -3.39. The van der Waals surface area contributed by atoms with Gasteiger partial charge in [-0.15, -0.1) is 11.3 Å². The fraction of sp³-hybridized carbons (Fsp3) is 0.217. The van der Waals surface area contributed by atoms with Gasteiger partial charge >= 0.3 is 0 Å². The van der Waals surface area contributed by atoms with Gasteiger partial charge in [0.25, 0.3) is 0 Å². The van der Waals surface area contributed by atoms with E-state index in [1.807, 2.05) is 24.1 Å². The average Bonchev–Trinajstić information content (AvgIpc) is 3.34. The molecule has 3 heterocycles. The number of nitrogens with zero attached hydrogens (tertiary/aromatic N) is 4. The van der Waals surface area contributed by atoms with Crippen molar-refractivity contribution in [2.75, 3.05) is 23.8 Å². The number of benzene rings is 1. The monoisotopic (exact) mass is 433 g/mol. The molecule has 0 unspecified atom stereocenters. The van der Waals surface area contributed by atoms with Gasteiger partial charge in [-0.3, -0.25) is 9.78 Å². The highest BCUT2D eigenvalue weighted by Crippen LogP contribution is 2.41. The first kappa shape index (κ1) is 19.6. The third-order valence-electron chi connectivity index (χ3n) is 5.32. The Morgan fingerprint density at radius 1 is 1.23 bits per heavy atom. The van der Waals surface area contributed by atoms with Gasteiger partial charge in [0.05, 0.1) is 11.9 Å². The lowest BCUT2D eigenvalue weighted by Crippen LogP contribution is -2.31. The number of amides is 1. The number of hydrogen-bond donors (Lipinski definition) is 1. The van der Waals surface area contributed by atoms with E-state index in [0.29, 0.717) is 11.5 Å². The molecule has 6 nitrogen and oxygen atoms in total. The van der Waals surface area contributed by atoms with E-state index in [2.05, 4.69) is 10.3 Å². The molecule has 1 N–H and O–H groups in total. The Morgan fingerprint density at radius 3 is 2.94 bits per heavy atom. The van der Waals surface area contributed by atoms with Crippen molar-refractivity contribution in [3.8, 4) is 11.4 Å². The van der Waals surface area contributed by atoms with Gasteiger partial charge in [-0.1, -0.05) is 6.07 Å². The van der Waals surface area contributed by atoms with Crippen molar-refractivity contribution in [3.63, 3.8) is 0 Å². The number of aryl methyl sites for hydroxylation is 2. The number of nitrogens with one attached hydrogen (secondary N) is 1. The maximum absolute atomic E-state index is 13.4. The average molecular weight is 434 g/mol. The molecule has 156 valence electrons. The van der Waals surface area contributed by atoms with Crippen LogP contribution in [0.4, 0.5) is 15.9 Å². The molecule has 1 aromatic carbocycles. The van der Waals surface area contributed by atoms with Crippen molar-refractivity contribution in [3.05, 3.63) is 65.0 Å². The molecule has 4 aromatic rings. The molecule has 0 radical (unpaired) electrons. The fourth-order valence-electron chi connectivity index (χ4n) is 3.93. The Kier molecular flexibility index (Phi) is 5.07. The molecule has 8 heteroatoms. The van der Waals surface area contributed by atoms with Crippen LogP contribution in [0.5, 0.6) is 0 Å². The van der Waals surface area contributed by atoms with E-state index in [-0.39, 0.29) is 12.5 Å². The second kappa shape index (κ2) is 8.03. The number of halogens is 1. The molecule has 0 saturated carbocycles. The molecule has 1 aliphatic rings. The van der Waals surface area contributed by atoms with Crippen LogP contribution in [0.1, 0.15) is 16.9 Å². The van der Waals surface area contributed by atoms with Crippen LogP contribution in [-0.2, 0) is 17.6 Å². The van der Waals surface area contributed by atoms with Crippen LogP contribution in [0.2, 0.25) is 0 Å². The zero-order chi connectivity index (χ0) is 21.4. The van der Waals surface area contributed by atoms with Crippen molar-refractivity contribution in [1.82, 2.24) is 15.0 Å². The van der Waals surface area contributed by atoms with Gasteiger partial charge in [-0.2, -0.15) is 0 Å². The summed E-state index contributed by atoms with van der Waals surface area (Å²) in [4.78, 5) is 30.6. The summed E-state index contributed by atoms with van der Waals surface area (Å²) in [6.45, 7) is 0.0831. The van der Waals surface area contributed by atoms with Gasteiger partial charge in [0.2, 0.25) is 5.91 Å². The van der Waals surface area contributed by atoms with E-state index >= 15 is 0 Å². The van der Waals surface area contributed by atoms with Crippen LogP contribution in [0.3, 0.4) is 0 Å². The standard InChI is InChI=1S/C23H20FN5OS/c1-29(13-19(30)26-16-7-2-6-15(24)11-16)22-20-17-8-3-9-18(17)31-23(20)28-21(27-22)14-5-4-10-25-12-14/h2,4-7,10-12H,3,8-9,13H2,1H3,(H,26,30). The number of hydrogen-bond acceptors (Lipinski definition) is 6. The van der Waals surface area contributed by atoms with Gasteiger partial charge in [-0.25, -0.2) is 14.4 Å². The minimum atomic E-state index is -0.390. The van der Waals surface area contributed by atoms with Crippen LogP contribution in [-0.4, -0.2) is 34.5 Å². The lowest BCUT2D eigenvalue weighted by molar-refractivity contribution is -0.114. The van der Waals surface area contributed by atoms with Crippen LogP contribution in [0.25, 0.3) is 21.6 Å². The molecule has 5 rings (SSSR count). The molecule has 0 atom stereocenters. The van der Waals surface area contributed by atoms with Gasteiger partial charge in [-0.05, 0) is 55.2 Å². The first-order valence-corrected chi connectivity index (χ1v) is 10.9. The zero-order valence-corrected chi connectivity index (χ0v) is 17.7. The predicted octanol–water partition coefficient (Wildman–Crippen LogP) is 4.46. The third kappa shape index (κ3) is 3.86. The SMILES string of the molecule is CN(CC(=O)Nc1cccc(F)c1)c1nc(-c2cccnc2)nc2sc3c(c12)CCC3. The molecule has 0 fully saturated rings. The van der Waals surface area contributed by atoms with Crippen molar-refractivity contribution in [2.24, 2.45) is 0 Å². The van der Waals surface area contributed by atoms with Gasteiger partial charge < -0.3 is 10.2 Å². The van der Waals surface area contributed by atoms with Gasteiger partial charge in [0, 0.05) is 35.6 Å². The summed E-state index contributed by atoms with van der Waals surface area (Å²) in [7, 11) is 1.85. The van der Waals surface area contributed by atoms with E-state index in [0.717, 1.165) is 40.9 Å². The number of rotatable bonds is 5. The number of aromatic nitrogens is 3. The minimum Gasteiger partial charge on any atom is -0.350 e. The minimum absolute atomic E-state index is 0.0831. The lowest BCUT2D eigenvalue weighted by atomic mass is 10.1. The number of carbonyl (C=O) groups is 1. The van der Waals surface area contributed by atoms with Crippen molar-refractivity contribution >= 4 is 39.0 Å². The Labute approximate surface area is 182 Å². The largest absolute Gasteiger partial charge is 0.350 e. The van der Waals surface area contributed by atoms with Crippen molar-refractivity contribution in [1.29, 1.82) is 0 Å². The summed E-state index contributed by atoms with van der Waals surface area (Å²) in [5, 5.41) is 3.79. The maximum Gasteiger partial charge on any atom is 0.243 e. The highest BCUT2D eigenvalue weighted by molar-refractivity contribution is 7.19. The normalized spacial score (nSPS) is 12.7. The summed E-state index contributed by atoms with van der Waals surface area (Å²) in [6, 6.07) is 9.65. The summed E-state index contributed by atoms with van der Waals surface area (Å²) < 4.78 is 13.4. The number of anilines is 2. The van der Waals surface area contributed by atoms with Gasteiger partial charge in [0.1, 0.15) is 16.5 Å². The second-order valence-electron chi connectivity index (χ2n) is 7.56. The highest BCUT2D eigenvalue weighted by Gasteiger charge is 2.25. The molecule has 1 amide bonds. The number of carbonyl (C=O) groups excluding carboxylic acids is 1. The van der Waals surface area contributed by atoms with E-state index in [4.69, 9.17) is 9.97 Å². The highest BCUT2D eigenvalue weighted by atomic mass is 32.1.